The Morgan fingerprint density at radius 3 is 2.82 bits per heavy atom. The Hall–Kier alpha value is -1.51. The molecule has 0 radical (unpaired) electrons. The summed E-state index contributed by atoms with van der Waals surface area (Å²) in [7, 11) is 1.64. The molecule has 0 aromatic carbocycles. The highest BCUT2D eigenvalue weighted by Crippen LogP contribution is 2.30. The van der Waals surface area contributed by atoms with Gasteiger partial charge in [-0.05, 0) is 50.3 Å². The van der Waals surface area contributed by atoms with E-state index in [0.29, 0.717) is 18.2 Å². The van der Waals surface area contributed by atoms with Crippen LogP contribution in [0.5, 0.6) is 11.6 Å². The summed E-state index contributed by atoms with van der Waals surface area (Å²) in [6.07, 6.45) is 7.10. The van der Waals surface area contributed by atoms with E-state index in [4.69, 9.17) is 9.47 Å². The van der Waals surface area contributed by atoms with Crippen LogP contribution in [0.1, 0.15) is 38.3 Å². The van der Waals surface area contributed by atoms with Crippen molar-refractivity contribution in [2.45, 2.75) is 32.6 Å². The minimum atomic E-state index is 0.596. The monoisotopic (exact) mass is 233 g/mol. The molecule has 1 aromatic heterocycles. The van der Waals surface area contributed by atoms with Crippen molar-refractivity contribution in [2.24, 2.45) is 0 Å². The lowest BCUT2D eigenvalue weighted by molar-refractivity contribution is 0.298. The van der Waals surface area contributed by atoms with Crippen molar-refractivity contribution < 1.29 is 9.47 Å². The molecule has 1 aromatic rings. The number of pyridine rings is 1. The second-order valence-electron chi connectivity index (χ2n) is 4.11. The Morgan fingerprint density at radius 2 is 2.18 bits per heavy atom. The molecule has 1 aliphatic carbocycles. The predicted octanol–water partition coefficient (Wildman–Crippen LogP) is 3.45. The Bertz CT molecular complexity index is 413. The van der Waals surface area contributed by atoms with Crippen LogP contribution in [0.3, 0.4) is 0 Å². The molecule has 17 heavy (non-hydrogen) atoms. The fourth-order valence-corrected chi connectivity index (χ4v) is 2.07. The number of hydrogen-bond acceptors (Lipinski definition) is 3. The molecule has 1 heterocycles. The number of ether oxygens (including phenoxy) is 2. The van der Waals surface area contributed by atoms with E-state index in [2.05, 4.69) is 11.1 Å². The molecule has 0 fully saturated rings. The Labute approximate surface area is 102 Å². The van der Waals surface area contributed by atoms with E-state index < -0.39 is 0 Å². The summed E-state index contributed by atoms with van der Waals surface area (Å²) >= 11 is 0. The lowest BCUT2D eigenvalue weighted by Crippen LogP contribution is -2.01. The first-order chi connectivity index (χ1) is 8.35. The van der Waals surface area contributed by atoms with Gasteiger partial charge in [0.05, 0.1) is 19.4 Å². The standard InChI is InChI=1S/C14H19NO2/c1-3-17-14-13(16-2)10-9-12(15-14)11-7-5-4-6-8-11/h7,9-10H,3-6,8H2,1-2H3. The summed E-state index contributed by atoms with van der Waals surface area (Å²) in [5, 5.41) is 0. The summed E-state index contributed by atoms with van der Waals surface area (Å²) in [6.45, 7) is 2.56. The molecule has 92 valence electrons. The zero-order valence-electron chi connectivity index (χ0n) is 10.5. The molecule has 0 atom stereocenters. The van der Waals surface area contributed by atoms with E-state index in [1.54, 1.807) is 7.11 Å². The lowest BCUT2D eigenvalue weighted by Gasteiger charge is -2.14. The molecule has 3 heteroatoms. The molecule has 0 spiro atoms. The molecule has 0 unspecified atom stereocenters. The Morgan fingerprint density at radius 1 is 1.29 bits per heavy atom. The summed E-state index contributed by atoms with van der Waals surface area (Å²) in [6, 6.07) is 3.95. The van der Waals surface area contributed by atoms with Gasteiger partial charge in [0.1, 0.15) is 0 Å². The molecule has 2 rings (SSSR count). The number of rotatable bonds is 4. The number of aromatic nitrogens is 1. The zero-order chi connectivity index (χ0) is 12.1. The van der Waals surface area contributed by atoms with Crippen LogP contribution in [-0.2, 0) is 0 Å². The Kier molecular flexibility index (Phi) is 4.02. The van der Waals surface area contributed by atoms with Crippen LogP contribution in [0.2, 0.25) is 0 Å². The van der Waals surface area contributed by atoms with Crippen molar-refractivity contribution in [1.29, 1.82) is 0 Å². The van der Waals surface area contributed by atoms with Gasteiger partial charge in [-0.15, -0.1) is 0 Å². The van der Waals surface area contributed by atoms with Crippen molar-refractivity contribution in [1.82, 2.24) is 4.98 Å². The second kappa shape index (κ2) is 5.71. The topological polar surface area (TPSA) is 31.4 Å². The summed E-state index contributed by atoms with van der Waals surface area (Å²) < 4.78 is 10.7. The molecular formula is C14H19NO2. The van der Waals surface area contributed by atoms with E-state index in [0.717, 1.165) is 18.5 Å². The van der Waals surface area contributed by atoms with Gasteiger partial charge in [0.15, 0.2) is 5.75 Å². The van der Waals surface area contributed by atoms with E-state index >= 15 is 0 Å². The van der Waals surface area contributed by atoms with Crippen LogP contribution < -0.4 is 9.47 Å². The van der Waals surface area contributed by atoms with Crippen LogP contribution in [0.15, 0.2) is 18.2 Å². The molecule has 0 aliphatic heterocycles. The van der Waals surface area contributed by atoms with Crippen LogP contribution in [0, 0.1) is 0 Å². The number of methoxy groups -OCH3 is 1. The average Bonchev–Trinajstić information content (AvgIpc) is 2.40. The maximum Gasteiger partial charge on any atom is 0.257 e. The highest BCUT2D eigenvalue weighted by atomic mass is 16.5. The van der Waals surface area contributed by atoms with Crippen molar-refractivity contribution >= 4 is 5.57 Å². The number of allylic oxidation sites excluding steroid dienone is 2. The van der Waals surface area contributed by atoms with Crippen molar-refractivity contribution in [3.05, 3.63) is 23.9 Å². The SMILES string of the molecule is CCOc1nc(C2=CCCCC2)ccc1OC. The molecule has 0 bridgehead atoms. The van der Waals surface area contributed by atoms with E-state index in [9.17, 15) is 0 Å². The fourth-order valence-electron chi connectivity index (χ4n) is 2.07. The van der Waals surface area contributed by atoms with Gasteiger partial charge < -0.3 is 9.47 Å². The third kappa shape index (κ3) is 2.78. The van der Waals surface area contributed by atoms with E-state index in [1.807, 2.05) is 19.1 Å². The largest absolute Gasteiger partial charge is 0.491 e. The molecule has 1 aliphatic rings. The summed E-state index contributed by atoms with van der Waals surface area (Å²) in [5.41, 5.74) is 2.36. The first-order valence-corrected chi connectivity index (χ1v) is 6.22. The fraction of sp³-hybridized carbons (Fsp3) is 0.500. The lowest BCUT2D eigenvalue weighted by atomic mass is 9.97. The maximum absolute atomic E-state index is 5.50. The van der Waals surface area contributed by atoms with Crippen molar-refractivity contribution in [3.63, 3.8) is 0 Å². The third-order valence-electron chi connectivity index (χ3n) is 2.95. The molecule has 0 saturated heterocycles. The smallest absolute Gasteiger partial charge is 0.257 e. The molecule has 3 nitrogen and oxygen atoms in total. The third-order valence-corrected chi connectivity index (χ3v) is 2.95. The molecule has 0 N–H and O–H groups in total. The highest BCUT2D eigenvalue weighted by molar-refractivity contribution is 5.64. The van der Waals surface area contributed by atoms with Gasteiger partial charge >= 0.3 is 0 Å². The van der Waals surface area contributed by atoms with Gasteiger partial charge in [-0.25, -0.2) is 4.98 Å². The number of nitrogens with zero attached hydrogens (tertiary/aromatic N) is 1. The molecular weight excluding hydrogens is 214 g/mol. The molecule has 0 saturated carbocycles. The van der Waals surface area contributed by atoms with Crippen LogP contribution in [0.4, 0.5) is 0 Å². The summed E-state index contributed by atoms with van der Waals surface area (Å²) in [5.74, 6) is 1.30. The predicted molar refractivity (Wildman–Crippen MR) is 68.4 cm³/mol. The van der Waals surface area contributed by atoms with Gasteiger partial charge in [-0.2, -0.15) is 0 Å². The van der Waals surface area contributed by atoms with Gasteiger partial charge in [0.2, 0.25) is 0 Å². The van der Waals surface area contributed by atoms with E-state index in [1.165, 1.54) is 18.4 Å². The van der Waals surface area contributed by atoms with Gasteiger partial charge in [-0.1, -0.05) is 6.08 Å². The zero-order valence-corrected chi connectivity index (χ0v) is 10.5. The maximum atomic E-state index is 5.50. The Balaban J connectivity index is 2.29. The van der Waals surface area contributed by atoms with Crippen LogP contribution >= 0.6 is 0 Å². The number of hydrogen-bond donors (Lipinski definition) is 0. The van der Waals surface area contributed by atoms with Crippen molar-refractivity contribution in [2.75, 3.05) is 13.7 Å². The highest BCUT2D eigenvalue weighted by Gasteiger charge is 2.12. The second-order valence-corrected chi connectivity index (χ2v) is 4.11. The van der Waals surface area contributed by atoms with E-state index in [-0.39, 0.29) is 0 Å². The molecule has 0 amide bonds. The minimum absolute atomic E-state index is 0.596. The van der Waals surface area contributed by atoms with Gasteiger partial charge in [-0.3, -0.25) is 0 Å². The minimum Gasteiger partial charge on any atom is -0.491 e. The van der Waals surface area contributed by atoms with Gasteiger partial charge in [0, 0.05) is 0 Å². The summed E-state index contributed by atoms with van der Waals surface area (Å²) in [4.78, 5) is 4.54. The first kappa shape index (κ1) is 12.0. The van der Waals surface area contributed by atoms with Gasteiger partial charge in [0.25, 0.3) is 5.88 Å². The first-order valence-electron chi connectivity index (χ1n) is 6.22. The average molecular weight is 233 g/mol. The van der Waals surface area contributed by atoms with Crippen LogP contribution in [-0.4, -0.2) is 18.7 Å². The quantitative estimate of drug-likeness (QED) is 0.798. The van der Waals surface area contributed by atoms with Crippen LogP contribution in [0.25, 0.3) is 5.57 Å². The van der Waals surface area contributed by atoms with Crippen molar-refractivity contribution in [3.8, 4) is 11.6 Å². The normalized spacial score (nSPS) is 15.3.